The Bertz CT molecular complexity index is 713. The smallest absolute Gasteiger partial charge is 0.293 e. The summed E-state index contributed by atoms with van der Waals surface area (Å²) in [5.41, 5.74) is 0.318. The maximum atomic E-state index is 13.6. The lowest BCUT2D eigenvalue weighted by molar-refractivity contribution is -0.383. The third kappa shape index (κ3) is 3.84. The second-order valence-electron chi connectivity index (χ2n) is 4.13. The summed E-state index contributed by atoms with van der Waals surface area (Å²) in [6.07, 6.45) is 0. The van der Waals surface area contributed by atoms with E-state index >= 15 is 0 Å². The summed E-state index contributed by atoms with van der Waals surface area (Å²) in [6.45, 7) is 0.0735. The number of nitrogens with one attached hydrogen (secondary N) is 1. The minimum absolute atomic E-state index is 0.0735. The van der Waals surface area contributed by atoms with Gasteiger partial charge in [-0.25, -0.2) is 4.39 Å². The Balaban J connectivity index is 2.29. The molecule has 0 aliphatic carbocycles. The third-order valence-electron chi connectivity index (χ3n) is 2.71. The molecule has 0 atom stereocenters. The van der Waals surface area contributed by atoms with Crippen molar-refractivity contribution in [1.82, 2.24) is 0 Å². The molecule has 2 aromatic carbocycles. The first-order valence-electron chi connectivity index (χ1n) is 5.69. The monoisotopic (exact) mass is 392 g/mol. The summed E-state index contributed by atoms with van der Waals surface area (Å²) in [4.78, 5) is 10.4. The van der Waals surface area contributed by atoms with Crippen LogP contribution in [-0.2, 0) is 6.54 Å². The molecule has 0 bridgehead atoms. The summed E-state index contributed by atoms with van der Waals surface area (Å²) in [6, 6.07) is 6.97. The quantitative estimate of drug-likeness (QED) is 0.557. The van der Waals surface area contributed by atoms with Crippen LogP contribution in [0.3, 0.4) is 0 Å². The molecular weight excluding hydrogens is 386 g/mol. The van der Waals surface area contributed by atoms with Crippen molar-refractivity contribution in [2.45, 2.75) is 6.54 Å². The van der Waals surface area contributed by atoms with Crippen molar-refractivity contribution < 1.29 is 9.31 Å². The summed E-state index contributed by atoms with van der Waals surface area (Å²) in [5.74, 6) is -0.409. The van der Waals surface area contributed by atoms with Gasteiger partial charge in [0.05, 0.1) is 15.0 Å². The Labute approximate surface area is 138 Å². The molecule has 8 heteroatoms. The number of hydrogen-bond donors (Lipinski definition) is 1. The number of halogens is 4. The van der Waals surface area contributed by atoms with Gasteiger partial charge in [0.2, 0.25) is 0 Å². The Morgan fingerprint density at radius 1 is 1.24 bits per heavy atom. The van der Waals surface area contributed by atoms with Crippen molar-refractivity contribution in [1.29, 1.82) is 0 Å². The Kier molecular flexibility index (Phi) is 5.03. The van der Waals surface area contributed by atoms with E-state index in [9.17, 15) is 14.5 Å². The molecule has 0 amide bonds. The van der Waals surface area contributed by atoms with Crippen LogP contribution in [0.1, 0.15) is 5.56 Å². The van der Waals surface area contributed by atoms with Crippen molar-refractivity contribution in [3.63, 3.8) is 0 Å². The summed E-state index contributed by atoms with van der Waals surface area (Å²) < 4.78 is 14.3. The van der Waals surface area contributed by atoms with E-state index in [1.807, 2.05) is 0 Å². The van der Waals surface area contributed by atoms with Crippen LogP contribution in [0.2, 0.25) is 10.0 Å². The molecule has 1 N–H and O–H groups in total. The molecule has 0 heterocycles. The summed E-state index contributed by atoms with van der Waals surface area (Å²) >= 11 is 14.9. The first-order chi connectivity index (χ1) is 9.88. The minimum atomic E-state index is -0.582. The average molecular weight is 394 g/mol. The van der Waals surface area contributed by atoms with E-state index in [4.69, 9.17) is 23.2 Å². The van der Waals surface area contributed by atoms with Gasteiger partial charge in [-0.3, -0.25) is 10.1 Å². The highest BCUT2D eigenvalue weighted by Crippen LogP contribution is 2.34. The van der Waals surface area contributed by atoms with Gasteiger partial charge in [-0.15, -0.1) is 0 Å². The number of nitro groups is 1. The topological polar surface area (TPSA) is 55.2 Å². The molecule has 0 aromatic heterocycles. The molecular formula is C13H8BrCl2FN2O2. The molecule has 0 radical (unpaired) electrons. The van der Waals surface area contributed by atoms with Crippen LogP contribution in [-0.4, -0.2) is 4.92 Å². The highest BCUT2D eigenvalue weighted by Gasteiger charge is 2.17. The number of hydrogen-bond acceptors (Lipinski definition) is 3. The van der Waals surface area contributed by atoms with Gasteiger partial charge in [0, 0.05) is 22.6 Å². The molecule has 0 aliphatic rings. The first-order valence-corrected chi connectivity index (χ1v) is 7.24. The fourth-order valence-corrected chi connectivity index (χ4v) is 2.43. The van der Waals surface area contributed by atoms with Gasteiger partial charge in [-0.1, -0.05) is 39.1 Å². The zero-order chi connectivity index (χ0) is 15.6. The molecule has 0 saturated carbocycles. The average Bonchev–Trinajstić information content (AvgIpc) is 2.42. The third-order valence-corrected chi connectivity index (χ3v) is 3.93. The van der Waals surface area contributed by atoms with E-state index in [0.29, 0.717) is 10.0 Å². The largest absolute Gasteiger partial charge is 0.375 e. The lowest BCUT2D eigenvalue weighted by Gasteiger charge is -2.09. The molecule has 0 unspecified atom stereocenters. The van der Waals surface area contributed by atoms with Gasteiger partial charge in [-0.2, -0.15) is 0 Å². The van der Waals surface area contributed by atoms with Gasteiger partial charge in [0.25, 0.3) is 5.69 Å². The number of rotatable bonds is 4. The van der Waals surface area contributed by atoms with E-state index in [-0.39, 0.29) is 28.0 Å². The van der Waals surface area contributed by atoms with E-state index in [0.717, 1.165) is 6.07 Å². The van der Waals surface area contributed by atoms with Gasteiger partial charge >= 0.3 is 0 Å². The van der Waals surface area contributed by atoms with Crippen LogP contribution in [0.15, 0.2) is 34.8 Å². The first kappa shape index (κ1) is 16.0. The van der Waals surface area contributed by atoms with Crippen LogP contribution < -0.4 is 5.32 Å². The number of nitrogens with zero attached hydrogens (tertiary/aromatic N) is 1. The van der Waals surface area contributed by atoms with E-state index < -0.39 is 10.7 Å². The fourth-order valence-electron chi connectivity index (χ4n) is 1.70. The standard InChI is InChI=1S/C13H8BrCl2FN2O2/c14-8-1-2-11(17)7(3-8)6-18-12-4-9(15)10(16)5-13(12)19(20)21/h1-5,18H,6H2. The molecule has 21 heavy (non-hydrogen) atoms. The number of anilines is 1. The molecule has 0 spiro atoms. The van der Waals surface area contributed by atoms with Crippen LogP contribution in [0.5, 0.6) is 0 Å². The van der Waals surface area contributed by atoms with Gasteiger partial charge < -0.3 is 5.32 Å². The molecule has 0 saturated heterocycles. The normalized spacial score (nSPS) is 10.5. The second kappa shape index (κ2) is 6.60. The molecule has 2 aromatic rings. The summed E-state index contributed by atoms with van der Waals surface area (Å²) in [5, 5.41) is 14.1. The minimum Gasteiger partial charge on any atom is -0.375 e. The molecule has 4 nitrogen and oxygen atoms in total. The fraction of sp³-hybridized carbons (Fsp3) is 0.0769. The van der Waals surface area contributed by atoms with Crippen molar-refractivity contribution in [2.24, 2.45) is 0 Å². The Hall–Kier alpha value is -1.37. The zero-order valence-electron chi connectivity index (χ0n) is 10.4. The Morgan fingerprint density at radius 2 is 1.90 bits per heavy atom. The maximum absolute atomic E-state index is 13.6. The van der Waals surface area contributed by atoms with E-state index in [1.54, 1.807) is 12.1 Å². The van der Waals surface area contributed by atoms with E-state index in [1.165, 1.54) is 12.1 Å². The second-order valence-corrected chi connectivity index (χ2v) is 5.86. The lowest BCUT2D eigenvalue weighted by atomic mass is 10.2. The lowest BCUT2D eigenvalue weighted by Crippen LogP contribution is -2.04. The maximum Gasteiger partial charge on any atom is 0.293 e. The SMILES string of the molecule is O=[N+]([O-])c1cc(Cl)c(Cl)cc1NCc1cc(Br)ccc1F. The van der Waals surface area contributed by atoms with Crippen LogP contribution in [0.4, 0.5) is 15.8 Å². The van der Waals surface area contributed by atoms with E-state index in [2.05, 4.69) is 21.2 Å². The summed E-state index contributed by atoms with van der Waals surface area (Å²) in [7, 11) is 0. The number of nitro benzene ring substituents is 1. The van der Waals surface area contributed by atoms with Gasteiger partial charge in [-0.05, 0) is 24.3 Å². The molecule has 0 fully saturated rings. The predicted molar refractivity (Wildman–Crippen MR) is 84.5 cm³/mol. The molecule has 110 valence electrons. The number of benzene rings is 2. The van der Waals surface area contributed by atoms with Gasteiger partial charge in [0.15, 0.2) is 0 Å². The van der Waals surface area contributed by atoms with Crippen molar-refractivity contribution >= 4 is 50.5 Å². The van der Waals surface area contributed by atoms with Crippen molar-refractivity contribution in [3.8, 4) is 0 Å². The van der Waals surface area contributed by atoms with Crippen molar-refractivity contribution in [2.75, 3.05) is 5.32 Å². The van der Waals surface area contributed by atoms with Crippen molar-refractivity contribution in [3.05, 3.63) is 66.3 Å². The van der Waals surface area contributed by atoms with Gasteiger partial charge in [0.1, 0.15) is 11.5 Å². The Morgan fingerprint density at radius 3 is 2.57 bits per heavy atom. The van der Waals surface area contributed by atoms with Crippen LogP contribution in [0.25, 0.3) is 0 Å². The highest BCUT2D eigenvalue weighted by atomic mass is 79.9. The molecule has 2 rings (SSSR count). The predicted octanol–water partition coefficient (Wildman–Crippen LogP) is 5.42. The molecule has 0 aliphatic heterocycles. The highest BCUT2D eigenvalue weighted by molar-refractivity contribution is 9.10. The zero-order valence-corrected chi connectivity index (χ0v) is 13.5. The van der Waals surface area contributed by atoms with Crippen LogP contribution >= 0.6 is 39.1 Å². The van der Waals surface area contributed by atoms with Crippen LogP contribution in [0, 0.1) is 15.9 Å².